The van der Waals surface area contributed by atoms with Crippen LogP contribution in [0.3, 0.4) is 0 Å². The molecule has 20 heavy (non-hydrogen) atoms. The second-order valence-electron chi connectivity index (χ2n) is 4.49. The van der Waals surface area contributed by atoms with E-state index >= 15 is 0 Å². The number of nitrogens with zero attached hydrogens (tertiary/aromatic N) is 1. The van der Waals surface area contributed by atoms with Gasteiger partial charge >= 0.3 is 0 Å². The summed E-state index contributed by atoms with van der Waals surface area (Å²) in [4.78, 5) is 4.61. The van der Waals surface area contributed by atoms with Crippen LogP contribution in [0.4, 0.5) is 0 Å². The molecule has 0 radical (unpaired) electrons. The molecule has 0 bridgehead atoms. The van der Waals surface area contributed by atoms with Crippen molar-refractivity contribution in [2.75, 3.05) is 12.3 Å². The van der Waals surface area contributed by atoms with Crippen molar-refractivity contribution < 1.29 is 4.42 Å². The van der Waals surface area contributed by atoms with Crippen molar-refractivity contribution in [1.82, 2.24) is 10.3 Å². The maximum atomic E-state index is 5.37. The van der Waals surface area contributed by atoms with E-state index < -0.39 is 0 Å². The lowest BCUT2D eigenvalue weighted by Gasteiger charge is -2.10. The first-order valence-electron chi connectivity index (χ1n) is 6.58. The largest absolute Gasteiger partial charge is 0.468 e. The Morgan fingerprint density at radius 2 is 2.20 bits per heavy atom. The molecule has 1 unspecified atom stereocenters. The molecular formula is C15H16N2OS2. The van der Waals surface area contributed by atoms with Gasteiger partial charge in [-0.05, 0) is 31.2 Å². The van der Waals surface area contributed by atoms with Gasteiger partial charge in [-0.3, -0.25) is 0 Å². The predicted octanol–water partition coefficient (Wildman–Crippen LogP) is 4.33. The summed E-state index contributed by atoms with van der Waals surface area (Å²) in [6.45, 7) is 3.05. The van der Waals surface area contributed by atoms with Crippen LogP contribution in [0.2, 0.25) is 0 Å². The fourth-order valence-electron chi connectivity index (χ4n) is 1.96. The SMILES string of the molecule is CC(NCCSc1nc2ccccc2s1)c1ccco1. The number of fused-ring (bicyclic) bond motifs is 1. The summed E-state index contributed by atoms with van der Waals surface area (Å²) >= 11 is 3.56. The Labute approximate surface area is 126 Å². The molecule has 3 nitrogen and oxygen atoms in total. The van der Waals surface area contributed by atoms with E-state index in [-0.39, 0.29) is 6.04 Å². The summed E-state index contributed by atoms with van der Waals surface area (Å²) in [6, 6.07) is 12.4. The summed E-state index contributed by atoms with van der Waals surface area (Å²) in [5, 5.41) is 3.45. The highest BCUT2D eigenvalue weighted by Gasteiger charge is 2.07. The molecule has 104 valence electrons. The van der Waals surface area contributed by atoms with Crippen LogP contribution in [-0.4, -0.2) is 17.3 Å². The third-order valence-corrected chi connectivity index (χ3v) is 5.20. The smallest absolute Gasteiger partial charge is 0.151 e. The van der Waals surface area contributed by atoms with E-state index in [2.05, 4.69) is 35.4 Å². The maximum absolute atomic E-state index is 5.37. The van der Waals surface area contributed by atoms with Crippen molar-refractivity contribution in [2.45, 2.75) is 17.3 Å². The molecule has 0 aliphatic rings. The second-order valence-corrected chi connectivity index (χ2v) is 6.86. The first-order valence-corrected chi connectivity index (χ1v) is 8.38. The van der Waals surface area contributed by atoms with Gasteiger partial charge < -0.3 is 9.73 Å². The number of nitrogens with one attached hydrogen (secondary N) is 1. The summed E-state index contributed by atoms with van der Waals surface area (Å²) in [5.74, 6) is 1.99. The van der Waals surface area contributed by atoms with Gasteiger partial charge in [-0.15, -0.1) is 11.3 Å². The summed E-state index contributed by atoms with van der Waals surface area (Å²) < 4.78 is 7.76. The van der Waals surface area contributed by atoms with Crippen molar-refractivity contribution in [3.63, 3.8) is 0 Å². The van der Waals surface area contributed by atoms with Crippen molar-refractivity contribution in [2.24, 2.45) is 0 Å². The van der Waals surface area contributed by atoms with Crippen LogP contribution in [0.15, 0.2) is 51.4 Å². The number of aromatic nitrogens is 1. The average Bonchev–Trinajstić information content (AvgIpc) is 3.11. The zero-order valence-electron chi connectivity index (χ0n) is 11.2. The van der Waals surface area contributed by atoms with Gasteiger partial charge in [0.15, 0.2) is 4.34 Å². The van der Waals surface area contributed by atoms with E-state index in [9.17, 15) is 0 Å². The molecule has 0 aliphatic carbocycles. The average molecular weight is 304 g/mol. The van der Waals surface area contributed by atoms with Crippen LogP contribution in [0.1, 0.15) is 18.7 Å². The molecule has 0 amide bonds. The van der Waals surface area contributed by atoms with Crippen LogP contribution in [-0.2, 0) is 0 Å². The van der Waals surface area contributed by atoms with Gasteiger partial charge in [0.05, 0.1) is 22.5 Å². The zero-order chi connectivity index (χ0) is 13.8. The highest BCUT2D eigenvalue weighted by atomic mass is 32.2. The highest BCUT2D eigenvalue weighted by molar-refractivity contribution is 8.01. The molecule has 0 saturated heterocycles. The molecule has 0 spiro atoms. The van der Waals surface area contributed by atoms with Crippen molar-refractivity contribution in [1.29, 1.82) is 0 Å². The van der Waals surface area contributed by atoms with Gasteiger partial charge in [0, 0.05) is 12.3 Å². The molecule has 1 N–H and O–H groups in total. The molecule has 5 heteroatoms. The monoisotopic (exact) mass is 304 g/mol. The lowest BCUT2D eigenvalue weighted by Crippen LogP contribution is -2.20. The Morgan fingerprint density at radius 1 is 1.30 bits per heavy atom. The minimum absolute atomic E-state index is 0.251. The normalized spacial score (nSPS) is 12.8. The number of para-hydroxylation sites is 1. The van der Waals surface area contributed by atoms with Crippen LogP contribution >= 0.6 is 23.1 Å². The standard InChI is InChI=1S/C15H16N2OS2/c1-11(13-6-4-9-18-13)16-8-10-19-15-17-12-5-2-3-7-14(12)20-15/h2-7,9,11,16H,8,10H2,1H3. The summed E-state index contributed by atoms with van der Waals surface area (Å²) in [6.07, 6.45) is 1.71. The molecule has 0 aliphatic heterocycles. The quantitative estimate of drug-likeness (QED) is 0.543. The van der Waals surface area contributed by atoms with Gasteiger partial charge in [0.25, 0.3) is 0 Å². The minimum atomic E-state index is 0.251. The topological polar surface area (TPSA) is 38.1 Å². The Bertz CT molecular complexity index is 630. The fraction of sp³-hybridized carbons (Fsp3) is 0.267. The third-order valence-electron chi connectivity index (χ3n) is 3.02. The van der Waals surface area contributed by atoms with E-state index in [4.69, 9.17) is 4.42 Å². The Balaban J connectivity index is 1.48. The third kappa shape index (κ3) is 3.23. The number of rotatable bonds is 6. The maximum Gasteiger partial charge on any atom is 0.151 e. The second kappa shape index (κ2) is 6.43. The molecule has 0 fully saturated rings. The lowest BCUT2D eigenvalue weighted by atomic mass is 10.2. The van der Waals surface area contributed by atoms with Crippen LogP contribution in [0.25, 0.3) is 10.2 Å². The van der Waals surface area contributed by atoms with Crippen LogP contribution in [0, 0.1) is 0 Å². The van der Waals surface area contributed by atoms with Crippen molar-refractivity contribution >= 4 is 33.3 Å². The highest BCUT2D eigenvalue weighted by Crippen LogP contribution is 2.29. The Kier molecular flexibility index (Phi) is 4.40. The van der Waals surface area contributed by atoms with Gasteiger partial charge in [0.1, 0.15) is 5.76 Å². The Hall–Kier alpha value is -1.30. The van der Waals surface area contributed by atoms with E-state index in [1.165, 1.54) is 4.70 Å². The van der Waals surface area contributed by atoms with Crippen LogP contribution < -0.4 is 5.32 Å². The summed E-state index contributed by atoms with van der Waals surface area (Å²) in [7, 11) is 0. The minimum Gasteiger partial charge on any atom is -0.468 e. The molecule has 3 rings (SSSR count). The fourth-order valence-corrected chi connectivity index (χ4v) is 3.97. The Morgan fingerprint density at radius 3 is 3.00 bits per heavy atom. The number of thiazole rings is 1. The van der Waals surface area contributed by atoms with Crippen molar-refractivity contribution in [3.05, 3.63) is 48.4 Å². The van der Waals surface area contributed by atoms with Gasteiger partial charge in [-0.2, -0.15) is 0 Å². The molecule has 1 aromatic carbocycles. The zero-order valence-corrected chi connectivity index (χ0v) is 12.8. The number of hydrogen-bond donors (Lipinski definition) is 1. The first kappa shape index (κ1) is 13.7. The number of thioether (sulfide) groups is 1. The number of hydrogen-bond acceptors (Lipinski definition) is 5. The van der Waals surface area contributed by atoms with Crippen molar-refractivity contribution in [3.8, 4) is 0 Å². The summed E-state index contributed by atoms with van der Waals surface area (Å²) in [5.41, 5.74) is 1.09. The predicted molar refractivity (Wildman–Crippen MR) is 85.5 cm³/mol. The van der Waals surface area contributed by atoms with E-state index in [1.54, 1.807) is 29.4 Å². The molecule has 1 atom stereocenters. The lowest BCUT2D eigenvalue weighted by molar-refractivity contribution is 0.438. The van der Waals surface area contributed by atoms with E-state index in [0.717, 1.165) is 27.9 Å². The number of benzene rings is 1. The molecular weight excluding hydrogens is 288 g/mol. The van der Waals surface area contributed by atoms with Crippen LogP contribution in [0.5, 0.6) is 0 Å². The number of furan rings is 1. The molecule has 2 aromatic heterocycles. The van der Waals surface area contributed by atoms with E-state index in [0.29, 0.717) is 0 Å². The first-order chi connectivity index (χ1) is 9.83. The van der Waals surface area contributed by atoms with Gasteiger partial charge in [-0.1, -0.05) is 23.9 Å². The van der Waals surface area contributed by atoms with Gasteiger partial charge in [0.2, 0.25) is 0 Å². The van der Waals surface area contributed by atoms with Gasteiger partial charge in [-0.25, -0.2) is 4.98 Å². The molecule has 3 aromatic rings. The molecule has 0 saturated carbocycles. The van der Waals surface area contributed by atoms with E-state index in [1.807, 2.05) is 18.2 Å². The molecule has 2 heterocycles.